The van der Waals surface area contributed by atoms with Crippen molar-refractivity contribution in [2.24, 2.45) is 0 Å². The standard InChI is InChI=1S/C21H16N2O7/c24-20(25)16-9-8-15(11-17(16)21(26)27)30-19-7-2-1-6-18(19)22-12-13-4-3-5-14(10-13)23(28)29/h1-11,22H,12H2,(H,24,25)(H,26,27). The zero-order valence-corrected chi connectivity index (χ0v) is 15.4. The number of rotatable bonds is 8. The summed E-state index contributed by atoms with van der Waals surface area (Å²) in [5.41, 5.74) is 0.522. The van der Waals surface area contributed by atoms with Crippen LogP contribution in [0.1, 0.15) is 26.3 Å². The van der Waals surface area contributed by atoms with Crippen LogP contribution in [0, 0.1) is 10.1 Å². The first-order valence-corrected chi connectivity index (χ1v) is 8.70. The predicted molar refractivity (Wildman–Crippen MR) is 107 cm³/mol. The van der Waals surface area contributed by atoms with Crippen molar-refractivity contribution >= 4 is 23.3 Å². The van der Waals surface area contributed by atoms with Crippen molar-refractivity contribution in [3.63, 3.8) is 0 Å². The lowest BCUT2D eigenvalue weighted by Gasteiger charge is -2.14. The van der Waals surface area contributed by atoms with Gasteiger partial charge in [0.2, 0.25) is 0 Å². The van der Waals surface area contributed by atoms with Gasteiger partial charge < -0.3 is 20.3 Å². The van der Waals surface area contributed by atoms with Gasteiger partial charge in [0.05, 0.1) is 21.7 Å². The average molecular weight is 408 g/mol. The highest BCUT2D eigenvalue weighted by molar-refractivity contribution is 6.02. The van der Waals surface area contributed by atoms with E-state index < -0.39 is 16.9 Å². The third kappa shape index (κ3) is 4.71. The van der Waals surface area contributed by atoms with Crippen LogP contribution in [-0.4, -0.2) is 27.1 Å². The van der Waals surface area contributed by atoms with Crippen molar-refractivity contribution in [1.29, 1.82) is 0 Å². The van der Waals surface area contributed by atoms with Gasteiger partial charge in [0, 0.05) is 18.7 Å². The number of anilines is 1. The molecule has 0 saturated heterocycles. The van der Waals surface area contributed by atoms with Crippen molar-refractivity contribution < 1.29 is 29.5 Å². The number of benzene rings is 3. The number of aromatic carboxylic acids is 2. The first kappa shape index (κ1) is 20.3. The lowest BCUT2D eigenvalue weighted by molar-refractivity contribution is -0.384. The lowest BCUT2D eigenvalue weighted by Crippen LogP contribution is -2.08. The summed E-state index contributed by atoms with van der Waals surface area (Å²) in [6.45, 7) is 0.292. The molecule has 0 atom stereocenters. The van der Waals surface area contributed by atoms with Crippen LogP contribution >= 0.6 is 0 Å². The van der Waals surface area contributed by atoms with E-state index in [1.165, 1.54) is 24.3 Å². The van der Waals surface area contributed by atoms with Crippen LogP contribution in [-0.2, 0) is 6.54 Å². The first-order chi connectivity index (χ1) is 14.3. The number of para-hydroxylation sites is 2. The average Bonchev–Trinajstić information content (AvgIpc) is 2.73. The molecule has 3 aromatic rings. The maximum Gasteiger partial charge on any atom is 0.336 e. The highest BCUT2D eigenvalue weighted by Gasteiger charge is 2.17. The van der Waals surface area contributed by atoms with E-state index in [9.17, 15) is 24.8 Å². The fourth-order valence-corrected chi connectivity index (χ4v) is 2.76. The molecule has 0 aromatic heterocycles. The normalized spacial score (nSPS) is 10.3. The maximum atomic E-state index is 11.4. The van der Waals surface area contributed by atoms with Gasteiger partial charge in [-0.2, -0.15) is 0 Å². The van der Waals surface area contributed by atoms with Gasteiger partial charge >= 0.3 is 11.9 Å². The second kappa shape index (κ2) is 8.74. The van der Waals surface area contributed by atoms with Gasteiger partial charge in [0.15, 0.2) is 5.75 Å². The van der Waals surface area contributed by atoms with Gasteiger partial charge in [-0.25, -0.2) is 9.59 Å². The Bertz CT molecular complexity index is 1130. The van der Waals surface area contributed by atoms with Gasteiger partial charge in [-0.3, -0.25) is 10.1 Å². The maximum absolute atomic E-state index is 11.4. The predicted octanol–water partition coefficient (Wildman–Crippen LogP) is 4.40. The van der Waals surface area contributed by atoms with E-state index in [4.69, 9.17) is 9.84 Å². The highest BCUT2D eigenvalue weighted by atomic mass is 16.6. The van der Waals surface area contributed by atoms with Crippen LogP contribution < -0.4 is 10.1 Å². The van der Waals surface area contributed by atoms with E-state index in [-0.39, 0.29) is 22.6 Å². The third-order valence-electron chi connectivity index (χ3n) is 4.17. The molecule has 152 valence electrons. The minimum Gasteiger partial charge on any atom is -0.478 e. The van der Waals surface area contributed by atoms with E-state index in [2.05, 4.69) is 5.32 Å². The molecule has 0 aliphatic heterocycles. The van der Waals surface area contributed by atoms with Gasteiger partial charge in [-0.05, 0) is 35.9 Å². The largest absolute Gasteiger partial charge is 0.478 e. The molecule has 0 unspecified atom stereocenters. The molecule has 0 spiro atoms. The molecule has 0 aliphatic rings. The molecule has 0 bridgehead atoms. The molecule has 0 heterocycles. The van der Waals surface area contributed by atoms with E-state index in [1.54, 1.807) is 36.4 Å². The third-order valence-corrected chi connectivity index (χ3v) is 4.17. The number of hydrogen-bond donors (Lipinski definition) is 3. The van der Waals surface area contributed by atoms with Crippen LogP contribution in [0.25, 0.3) is 0 Å². The molecule has 9 heteroatoms. The van der Waals surface area contributed by atoms with Crippen LogP contribution in [0.4, 0.5) is 11.4 Å². The molecule has 30 heavy (non-hydrogen) atoms. The summed E-state index contributed by atoms with van der Waals surface area (Å²) in [5, 5.41) is 32.4. The van der Waals surface area contributed by atoms with E-state index in [0.29, 0.717) is 23.5 Å². The number of nitro groups is 1. The van der Waals surface area contributed by atoms with Gasteiger partial charge in [-0.15, -0.1) is 0 Å². The minimum atomic E-state index is -1.38. The molecular weight excluding hydrogens is 392 g/mol. The Hall–Kier alpha value is -4.40. The Morgan fingerprint density at radius 1 is 0.933 bits per heavy atom. The van der Waals surface area contributed by atoms with Crippen molar-refractivity contribution in [3.05, 3.63) is 93.5 Å². The second-order valence-electron chi connectivity index (χ2n) is 6.20. The van der Waals surface area contributed by atoms with Gasteiger partial charge in [0.1, 0.15) is 5.75 Å². The number of carbonyl (C=O) groups is 2. The molecule has 3 N–H and O–H groups in total. The van der Waals surface area contributed by atoms with Gasteiger partial charge in [-0.1, -0.05) is 24.3 Å². The topological polar surface area (TPSA) is 139 Å². The number of nitrogens with zero attached hydrogens (tertiary/aromatic N) is 1. The summed E-state index contributed by atoms with van der Waals surface area (Å²) in [5.74, 6) is -2.20. The molecule has 0 saturated carbocycles. The number of nitro benzene ring substituents is 1. The molecule has 0 aliphatic carbocycles. The van der Waals surface area contributed by atoms with Crippen LogP contribution in [0.5, 0.6) is 11.5 Å². The van der Waals surface area contributed by atoms with Crippen molar-refractivity contribution in [3.8, 4) is 11.5 Å². The zero-order chi connectivity index (χ0) is 21.7. The number of carboxylic acid groups (broad SMARTS) is 2. The van der Waals surface area contributed by atoms with Crippen molar-refractivity contribution in [1.82, 2.24) is 0 Å². The Morgan fingerprint density at radius 2 is 1.67 bits per heavy atom. The van der Waals surface area contributed by atoms with Crippen molar-refractivity contribution in [2.45, 2.75) is 6.54 Å². The molecule has 0 amide bonds. The zero-order valence-electron chi connectivity index (χ0n) is 15.4. The molecule has 0 radical (unpaired) electrons. The van der Waals surface area contributed by atoms with Crippen molar-refractivity contribution in [2.75, 3.05) is 5.32 Å². The molecular formula is C21H16N2O7. The minimum absolute atomic E-state index is 0.0152. The van der Waals surface area contributed by atoms with E-state index >= 15 is 0 Å². The first-order valence-electron chi connectivity index (χ1n) is 8.70. The van der Waals surface area contributed by atoms with E-state index in [1.807, 2.05) is 0 Å². The number of carboxylic acids is 2. The summed E-state index contributed by atoms with van der Waals surface area (Å²) < 4.78 is 5.76. The summed E-state index contributed by atoms with van der Waals surface area (Å²) >= 11 is 0. The van der Waals surface area contributed by atoms with Gasteiger partial charge in [0.25, 0.3) is 5.69 Å². The SMILES string of the molecule is O=C(O)c1ccc(Oc2ccccc2NCc2cccc([N+](=O)[O-])c2)cc1C(=O)O. The molecule has 3 aromatic carbocycles. The lowest BCUT2D eigenvalue weighted by atomic mass is 10.1. The Labute approximate surface area is 170 Å². The van der Waals surface area contributed by atoms with Crippen LogP contribution in [0.2, 0.25) is 0 Å². The fraction of sp³-hybridized carbons (Fsp3) is 0.0476. The highest BCUT2D eigenvalue weighted by Crippen LogP contribution is 2.31. The van der Waals surface area contributed by atoms with Crippen LogP contribution in [0.3, 0.4) is 0 Å². The smallest absolute Gasteiger partial charge is 0.336 e. The Kier molecular flexibility index (Phi) is 5.92. The van der Waals surface area contributed by atoms with Crippen LogP contribution in [0.15, 0.2) is 66.7 Å². The Morgan fingerprint density at radius 3 is 2.37 bits per heavy atom. The summed E-state index contributed by atoms with van der Waals surface area (Å²) in [4.78, 5) is 33.0. The quantitative estimate of drug-likeness (QED) is 0.368. The number of hydrogen-bond acceptors (Lipinski definition) is 6. The molecule has 3 rings (SSSR count). The number of nitrogens with one attached hydrogen (secondary N) is 1. The second-order valence-corrected chi connectivity index (χ2v) is 6.20. The summed E-state index contributed by atoms with van der Waals surface area (Å²) in [7, 11) is 0. The summed E-state index contributed by atoms with van der Waals surface area (Å²) in [6.07, 6.45) is 0. The number of ether oxygens (including phenoxy) is 1. The molecule has 0 fully saturated rings. The monoisotopic (exact) mass is 408 g/mol. The fourth-order valence-electron chi connectivity index (χ4n) is 2.76. The number of non-ortho nitro benzene ring substituents is 1. The Balaban J connectivity index is 1.81. The van der Waals surface area contributed by atoms with E-state index in [0.717, 1.165) is 6.07 Å². The summed E-state index contributed by atoms with van der Waals surface area (Å²) in [6, 6.07) is 16.7. The molecule has 9 nitrogen and oxygen atoms in total.